The van der Waals surface area contributed by atoms with Crippen molar-refractivity contribution in [3.8, 4) is 0 Å². The summed E-state index contributed by atoms with van der Waals surface area (Å²) in [6, 6.07) is 6.42. The van der Waals surface area contributed by atoms with Crippen molar-refractivity contribution in [1.29, 1.82) is 0 Å². The minimum atomic E-state index is -0.454. The smallest absolute Gasteiger partial charge is 0.253 e. The van der Waals surface area contributed by atoms with E-state index in [1.807, 2.05) is 30.4 Å². The maximum atomic E-state index is 13.2. The highest BCUT2D eigenvalue weighted by molar-refractivity contribution is 5.75. The van der Waals surface area contributed by atoms with Gasteiger partial charge in [-0.15, -0.1) is 0 Å². The van der Waals surface area contributed by atoms with Gasteiger partial charge in [-0.05, 0) is 45.0 Å². The lowest BCUT2D eigenvalue weighted by Crippen LogP contribution is -2.51. The van der Waals surface area contributed by atoms with E-state index in [1.54, 1.807) is 12.1 Å². The maximum absolute atomic E-state index is 13.2. The molecule has 8 heteroatoms. The number of rotatable bonds is 6. The predicted octanol–water partition coefficient (Wildman–Crippen LogP) is 2.19. The third-order valence-electron chi connectivity index (χ3n) is 5.95. The number of anilines is 3. The monoisotopic (exact) mass is 411 g/mol. The van der Waals surface area contributed by atoms with Gasteiger partial charge in [0.25, 0.3) is 10.9 Å². The summed E-state index contributed by atoms with van der Waals surface area (Å²) in [5.41, 5.74) is 4.01. The van der Waals surface area contributed by atoms with Crippen LogP contribution in [-0.2, 0) is 13.1 Å². The number of nitrogens with zero attached hydrogens (tertiary/aromatic N) is 4. The molecule has 0 radical (unpaired) electrons. The van der Waals surface area contributed by atoms with Crippen molar-refractivity contribution in [2.24, 2.45) is 0 Å². The van der Waals surface area contributed by atoms with Crippen LogP contribution in [0.25, 0.3) is 0 Å². The van der Waals surface area contributed by atoms with E-state index in [-0.39, 0.29) is 5.82 Å². The standard InChI is InChI=1S/C22H26FN5O2/c1-4-28-15(3)18(14(2)25-28)13-24-19-20(22(30)21(19)29)27-11-9-26(10-12-27)17-7-5-16(23)6-8-17/h5-8,24H,4,9-13H2,1-3H3. The van der Waals surface area contributed by atoms with Gasteiger partial charge >= 0.3 is 0 Å². The Balaban J connectivity index is 1.45. The number of hydrogen-bond acceptors (Lipinski definition) is 6. The lowest BCUT2D eigenvalue weighted by Gasteiger charge is -2.38. The molecule has 0 spiro atoms. The zero-order chi connectivity index (χ0) is 21.4. The number of hydrogen-bond donors (Lipinski definition) is 1. The average Bonchev–Trinajstić information content (AvgIpc) is 3.04. The Bertz CT molecular complexity index is 1120. The van der Waals surface area contributed by atoms with Crippen LogP contribution in [0.4, 0.5) is 21.5 Å². The molecule has 1 aliphatic heterocycles. The van der Waals surface area contributed by atoms with Gasteiger partial charge in [0.2, 0.25) is 0 Å². The van der Waals surface area contributed by atoms with E-state index in [1.165, 1.54) is 12.1 Å². The summed E-state index contributed by atoms with van der Waals surface area (Å²) in [5, 5.41) is 7.70. The number of aromatic nitrogens is 2. The van der Waals surface area contributed by atoms with Gasteiger partial charge in [0.15, 0.2) is 0 Å². The first-order valence-corrected chi connectivity index (χ1v) is 10.3. The summed E-state index contributed by atoms with van der Waals surface area (Å²) in [6.45, 7) is 9.91. The number of aryl methyl sites for hydroxylation is 2. The van der Waals surface area contributed by atoms with Crippen molar-refractivity contribution >= 4 is 17.1 Å². The Morgan fingerprint density at radius 3 is 2.23 bits per heavy atom. The lowest BCUT2D eigenvalue weighted by molar-refractivity contribution is 0.624. The van der Waals surface area contributed by atoms with E-state index < -0.39 is 10.9 Å². The SMILES string of the molecule is CCn1nc(C)c(CNc2c(N3CCN(c4ccc(F)cc4)CC3)c(=O)c2=O)c1C. The minimum absolute atomic E-state index is 0.258. The number of piperazine rings is 1. The molecule has 4 rings (SSSR count). The van der Waals surface area contributed by atoms with Crippen LogP contribution >= 0.6 is 0 Å². The van der Waals surface area contributed by atoms with Crippen LogP contribution in [0.15, 0.2) is 33.9 Å². The number of nitrogens with one attached hydrogen (secondary N) is 1. The highest BCUT2D eigenvalue weighted by atomic mass is 19.1. The summed E-state index contributed by atoms with van der Waals surface area (Å²) < 4.78 is 15.1. The van der Waals surface area contributed by atoms with E-state index in [0.29, 0.717) is 44.1 Å². The van der Waals surface area contributed by atoms with Crippen LogP contribution in [0.5, 0.6) is 0 Å². The molecule has 7 nitrogen and oxygen atoms in total. The Morgan fingerprint density at radius 2 is 1.63 bits per heavy atom. The normalized spacial score (nSPS) is 14.5. The van der Waals surface area contributed by atoms with Crippen molar-refractivity contribution in [1.82, 2.24) is 9.78 Å². The minimum Gasteiger partial charge on any atom is -0.376 e. The molecule has 30 heavy (non-hydrogen) atoms. The fraction of sp³-hybridized carbons (Fsp3) is 0.409. The second-order valence-corrected chi connectivity index (χ2v) is 7.65. The molecule has 1 aliphatic rings. The number of halogens is 1. The second-order valence-electron chi connectivity index (χ2n) is 7.65. The van der Waals surface area contributed by atoms with Crippen molar-refractivity contribution < 1.29 is 4.39 Å². The molecule has 0 unspecified atom stereocenters. The molecule has 1 saturated heterocycles. The van der Waals surface area contributed by atoms with Crippen LogP contribution in [0.2, 0.25) is 0 Å². The van der Waals surface area contributed by atoms with E-state index in [0.717, 1.165) is 29.2 Å². The predicted molar refractivity (Wildman–Crippen MR) is 117 cm³/mol. The Morgan fingerprint density at radius 1 is 1.00 bits per heavy atom. The summed E-state index contributed by atoms with van der Waals surface area (Å²) in [4.78, 5) is 28.6. The summed E-state index contributed by atoms with van der Waals surface area (Å²) in [6.07, 6.45) is 0. The van der Waals surface area contributed by atoms with E-state index in [4.69, 9.17) is 0 Å². The zero-order valence-corrected chi connectivity index (χ0v) is 17.5. The Kier molecular flexibility index (Phi) is 5.32. The highest BCUT2D eigenvalue weighted by Crippen LogP contribution is 2.25. The van der Waals surface area contributed by atoms with Crippen LogP contribution < -0.4 is 26.0 Å². The van der Waals surface area contributed by atoms with Gasteiger partial charge in [-0.1, -0.05) is 0 Å². The molecular weight excluding hydrogens is 385 g/mol. The molecule has 0 bridgehead atoms. The summed E-state index contributed by atoms with van der Waals surface area (Å²) in [5.74, 6) is -0.258. The molecule has 0 atom stereocenters. The fourth-order valence-corrected chi connectivity index (χ4v) is 4.16. The van der Waals surface area contributed by atoms with Crippen LogP contribution in [-0.4, -0.2) is 36.0 Å². The van der Waals surface area contributed by atoms with Gasteiger partial charge in [-0.2, -0.15) is 5.10 Å². The van der Waals surface area contributed by atoms with Gasteiger partial charge in [0, 0.05) is 56.2 Å². The zero-order valence-electron chi connectivity index (χ0n) is 17.5. The first kappa shape index (κ1) is 20.1. The Labute approximate surface area is 174 Å². The maximum Gasteiger partial charge on any atom is 0.253 e. The van der Waals surface area contributed by atoms with Gasteiger partial charge in [-0.3, -0.25) is 14.3 Å². The molecule has 1 aromatic heterocycles. The first-order chi connectivity index (χ1) is 14.4. The van der Waals surface area contributed by atoms with Crippen molar-refractivity contribution in [2.45, 2.75) is 33.9 Å². The molecule has 1 N–H and O–H groups in total. The van der Waals surface area contributed by atoms with Gasteiger partial charge in [0.05, 0.1) is 5.69 Å². The van der Waals surface area contributed by atoms with Crippen LogP contribution in [0.3, 0.4) is 0 Å². The molecule has 158 valence electrons. The van der Waals surface area contributed by atoms with Crippen molar-refractivity contribution in [3.63, 3.8) is 0 Å². The molecule has 0 aliphatic carbocycles. The highest BCUT2D eigenvalue weighted by Gasteiger charge is 2.29. The van der Waals surface area contributed by atoms with Crippen LogP contribution in [0, 0.1) is 19.7 Å². The molecule has 0 amide bonds. The van der Waals surface area contributed by atoms with E-state index >= 15 is 0 Å². The summed E-state index contributed by atoms with van der Waals surface area (Å²) in [7, 11) is 0. The molecule has 2 aromatic carbocycles. The topological polar surface area (TPSA) is 70.5 Å². The van der Waals surface area contributed by atoms with Gasteiger partial charge in [0.1, 0.15) is 17.2 Å². The van der Waals surface area contributed by atoms with Crippen LogP contribution in [0.1, 0.15) is 23.9 Å². The quantitative estimate of drug-likeness (QED) is 0.627. The first-order valence-electron chi connectivity index (χ1n) is 10.3. The fourth-order valence-electron chi connectivity index (χ4n) is 4.16. The lowest BCUT2D eigenvalue weighted by atomic mass is 10.1. The molecule has 3 aromatic rings. The van der Waals surface area contributed by atoms with E-state index in [9.17, 15) is 14.0 Å². The Hall–Kier alpha value is -3.16. The third-order valence-corrected chi connectivity index (χ3v) is 5.95. The second kappa shape index (κ2) is 7.93. The average molecular weight is 411 g/mol. The largest absolute Gasteiger partial charge is 0.376 e. The third kappa shape index (κ3) is 3.46. The molecule has 0 saturated carbocycles. The van der Waals surface area contributed by atoms with Gasteiger partial charge in [-0.25, -0.2) is 4.39 Å². The van der Waals surface area contributed by atoms with E-state index in [2.05, 4.69) is 15.3 Å². The molecule has 2 heterocycles. The number of benzene rings is 1. The summed E-state index contributed by atoms with van der Waals surface area (Å²) >= 11 is 0. The van der Waals surface area contributed by atoms with Gasteiger partial charge < -0.3 is 15.1 Å². The van der Waals surface area contributed by atoms with Crippen molar-refractivity contribution in [2.75, 3.05) is 41.3 Å². The molecular formula is C22H26FN5O2. The molecule has 1 fully saturated rings. The van der Waals surface area contributed by atoms with Crippen molar-refractivity contribution in [3.05, 3.63) is 67.5 Å².